The molecule has 8 heteroatoms. The van der Waals surface area contributed by atoms with Crippen molar-refractivity contribution < 1.29 is 13.2 Å². The van der Waals surface area contributed by atoms with Crippen molar-refractivity contribution in [2.75, 3.05) is 6.54 Å². The van der Waals surface area contributed by atoms with Crippen LogP contribution in [0.5, 0.6) is 0 Å². The zero-order valence-electron chi connectivity index (χ0n) is 8.63. The van der Waals surface area contributed by atoms with E-state index in [-0.39, 0.29) is 15.5 Å². The standard InChI is InChI=1S/C9H8BrCl2NO3S/c1-2-13-9(14)6-3-5(10)4-7(8(6)11)17(12,15)16/h3-4H,2H2,1H3,(H,13,14). The fourth-order valence-corrected chi connectivity index (χ4v) is 3.35. The van der Waals surface area contributed by atoms with E-state index in [0.717, 1.165) is 0 Å². The molecule has 0 aliphatic rings. The van der Waals surface area contributed by atoms with E-state index in [1.54, 1.807) is 6.92 Å². The molecule has 94 valence electrons. The van der Waals surface area contributed by atoms with Gasteiger partial charge in [-0.2, -0.15) is 0 Å². The predicted octanol–water partition coefficient (Wildman–Crippen LogP) is 2.78. The molecule has 1 rings (SSSR count). The van der Waals surface area contributed by atoms with Crippen LogP contribution >= 0.6 is 38.2 Å². The maximum atomic E-state index is 11.6. The summed E-state index contributed by atoms with van der Waals surface area (Å²) < 4.78 is 22.9. The van der Waals surface area contributed by atoms with Crippen LogP contribution in [0.2, 0.25) is 5.02 Å². The van der Waals surface area contributed by atoms with E-state index in [0.29, 0.717) is 11.0 Å². The highest BCUT2D eigenvalue weighted by atomic mass is 79.9. The predicted molar refractivity (Wildman–Crippen MR) is 70.2 cm³/mol. The number of carbonyl (C=O) groups is 1. The van der Waals surface area contributed by atoms with Crippen molar-refractivity contribution in [3.63, 3.8) is 0 Å². The van der Waals surface area contributed by atoms with Crippen LogP contribution in [0.3, 0.4) is 0 Å². The lowest BCUT2D eigenvalue weighted by Crippen LogP contribution is -2.23. The Balaban J connectivity index is 3.44. The van der Waals surface area contributed by atoms with E-state index < -0.39 is 15.0 Å². The van der Waals surface area contributed by atoms with Crippen LogP contribution in [0.1, 0.15) is 17.3 Å². The molecule has 0 aliphatic heterocycles. The molecule has 0 aliphatic carbocycles. The first-order chi connectivity index (χ1) is 7.77. The van der Waals surface area contributed by atoms with Crippen LogP contribution in [-0.4, -0.2) is 20.9 Å². The minimum Gasteiger partial charge on any atom is -0.352 e. The van der Waals surface area contributed by atoms with E-state index in [4.69, 9.17) is 22.3 Å². The molecular formula is C9H8BrCl2NO3S. The summed E-state index contributed by atoms with van der Waals surface area (Å²) in [6.45, 7) is 2.15. The monoisotopic (exact) mass is 359 g/mol. The molecule has 0 saturated carbocycles. The number of hydrogen-bond donors (Lipinski definition) is 1. The highest BCUT2D eigenvalue weighted by Crippen LogP contribution is 2.31. The smallest absolute Gasteiger partial charge is 0.262 e. The van der Waals surface area contributed by atoms with Crippen LogP contribution in [0.25, 0.3) is 0 Å². The first-order valence-electron chi connectivity index (χ1n) is 4.49. The molecule has 1 aromatic carbocycles. The summed E-state index contributed by atoms with van der Waals surface area (Å²) in [4.78, 5) is 11.3. The zero-order valence-corrected chi connectivity index (χ0v) is 12.5. The van der Waals surface area contributed by atoms with Gasteiger partial charge in [-0.25, -0.2) is 8.42 Å². The van der Waals surface area contributed by atoms with Crippen molar-refractivity contribution in [3.05, 3.63) is 27.2 Å². The van der Waals surface area contributed by atoms with E-state index in [1.165, 1.54) is 12.1 Å². The van der Waals surface area contributed by atoms with Crippen molar-refractivity contribution in [3.8, 4) is 0 Å². The summed E-state index contributed by atoms with van der Waals surface area (Å²) in [6, 6.07) is 2.67. The Bertz CT molecular complexity index is 560. The topological polar surface area (TPSA) is 63.2 Å². The number of halogens is 3. The van der Waals surface area contributed by atoms with Gasteiger partial charge in [-0.3, -0.25) is 4.79 Å². The normalized spacial score (nSPS) is 11.3. The minimum absolute atomic E-state index is 0.0575. The quantitative estimate of drug-likeness (QED) is 0.843. The zero-order chi connectivity index (χ0) is 13.2. The van der Waals surface area contributed by atoms with Crippen molar-refractivity contribution in [1.82, 2.24) is 5.32 Å². The second kappa shape index (κ2) is 5.56. The first kappa shape index (κ1) is 14.8. The molecule has 4 nitrogen and oxygen atoms in total. The third-order valence-corrected chi connectivity index (χ3v) is 4.17. The Kier molecular flexibility index (Phi) is 4.83. The van der Waals surface area contributed by atoms with Crippen molar-refractivity contribution >= 4 is 53.2 Å². The molecule has 0 bridgehead atoms. The van der Waals surface area contributed by atoms with Gasteiger partial charge < -0.3 is 5.32 Å². The largest absolute Gasteiger partial charge is 0.352 e. The highest BCUT2D eigenvalue weighted by Gasteiger charge is 2.21. The minimum atomic E-state index is -4.00. The lowest BCUT2D eigenvalue weighted by atomic mass is 10.2. The molecule has 1 amide bonds. The Morgan fingerprint density at radius 2 is 2.06 bits per heavy atom. The maximum absolute atomic E-state index is 11.6. The van der Waals surface area contributed by atoms with E-state index in [9.17, 15) is 13.2 Å². The number of carbonyl (C=O) groups excluding carboxylic acids is 1. The third-order valence-electron chi connectivity index (χ3n) is 1.85. The summed E-state index contributed by atoms with van der Waals surface area (Å²) in [5.41, 5.74) is 0.0575. The fraction of sp³-hybridized carbons (Fsp3) is 0.222. The van der Waals surface area contributed by atoms with Crippen molar-refractivity contribution in [1.29, 1.82) is 0 Å². The Labute approximate surface area is 117 Å². The van der Waals surface area contributed by atoms with Gasteiger partial charge in [0.2, 0.25) is 0 Å². The van der Waals surface area contributed by atoms with Crippen LogP contribution in [0.15, 0.2) is 21.5 Å². The average molecular weight is 361 g/mol. The third kappa shape index (κ3) is 3.58. The Morgan fingerprint density at radius 1 is 1.47 bits per heavy atom. The molecule has 17 heavy (non-hydrogen) atoms. The van der Waals surface area contributed by atoms with E-state index in [1.807, 2.05) is 0 Å². The van der Waals surface area contributed by atoms with Crippen LogP contribution in [-0.2, 0) is 9.05 Å². The summed E-state index contributed by atoms with van der Waals surface area (Å²) in [6.07, 6.45) is 0. The molecule has 0 unspecified atom stereocenters. The fourth-order valence-electron chi connectivity index (χ4n) is 1.16. The molecule has 0 saturated heterocycles. The van der Waals surface area contributed by atoms with Crippen molar-refractivity contribution in [2.45, 2.75) is 11.8 Å². The molecule has 0 aromatic heterocycles. The van der Waals surface area contributed by atoms with Crippen LogP contribution < -0.4 is 5.32 Å². The molecule has 1 aromatic rings. The molecule has 0 atom stereocenters. The van der Waals surface area contributed by atoms with Gasteiger partial charge in [0.25, 0.3) is 15.0 Å². The van der Waals surface area contributed by atoms with Gasteiger partial charge in [-0.1, -0.05) is 27.5 Å². The molecule has 0 fully saturated rings. The number of hydrogen-bond acceptors (Lipinski definition) is 3. The van der Waals surface area contributed by atoms with Gasteiger partial charge in [0.15, 0.2) is 0 Å². The highest BCUT2D eigenvalue weighted by molar-refractivity contribution is 9.10. The van der Waals surface area contributed by atoms with Gasteiger partial charge in [-0.15, -0.1) is 0 Å². The first-order valence-corrected chi connectivity index (χ1v) is 7.97. The lowest BCUT2D eigenvalue weighted by Gasteiger charge is -2.08. The molecule has 0 radical (unpaired) electrons. The second-order valence-electron chi connectivity index (χ2n) is 3.06. The summed E-state index contributed by atoms with van der Waals surface area (Å²) in [7, 11) is 1.23. The van der Waals surface area contributed by atoms with Crippen LogP contribution in [0.4, 0.5) is 0 Å². The number of amides is 1. The summed E-state index contributed by atoms with van der Waals surface area (Å²) in [5.74, 6) is -0.458. The summed E-state index contributed by atoms with van der Waals surface area (Å²) >= 11 is 8.95. The number of rotatable bonds is 3. The maximum Gasteiger partial charge on any atom is 0.262 e. The van der Waals surface area contributed by atoms with Gasteiger partial charge in [0, 0.05) is 21.7 Å². The Hall–Kier alpha value is -0.300. The molecule has 1 N–H and O–H groups in total. The van der Waals surface area contributed by atoms with Gasteiger partial charge in [0.1, 0.15) is 4.90 Å². The molecule has 0 heterocycles. The molecule has 0 spiro atoms. The van der Waals surface area contributed by atoms with Crippen molar-refractivity contribution in [2.24, 2.45) is 0 Å². The van der Waals surface area contributed by atoms with Gasteiger partial charge in [-0.05, 0) is 19.1 Å². The van der Waals surface area contributed by atoms with Crippen LogP contribution in [0, 0.1) is 0 Å². The second-order valence-corrected chi connectivity index (χ2v) is 6.89. The molecular weight excluding hydrogens is 353 g/mol. The van der Waals surface area contributed by atoms with E-state index in [2.05, 4.69) is 21.2 Å². The summed E-state index contributed by atoms with van der Waals surface area (Å²) in [5, 5.41) is 2.34. The Morgan fingerprint density at radius 3 is 2.53 bits per heavy atom. The number of benzene rings is 1. The van der Waals surface area contributed by atoms with Gasteiger partial charge >= 0.3 is 0 Å². The SMILES string of the molecule is CCNC(=O)c1cc(Br)cc(S(=O)(=O)Cl)c1Cl. The lowest BCUT2D eigenvalue weighted by molar-refractivity contribution is 0.0955. The average Bonchev–Trinajstić information content (AvgIpc) is 2.19. The van der Waals surface area contributed by atoms with E-state index >= 15 is 0 Å². The van der Waals surface area contributed by atoms with Gasteiger partial charge in [0.05, 0.1) is 10.6 Å². The number of nitrogens with one attached hydrogen (secondary N) is 1.